The maximum Gasteiger partial charge on any atom is 0.368 e. The number of rotatable bonds is 5. The van der Waals surface area contributed by atoms with E-state index < -0.39 is 19.5 Å². The molecule has 1 aliphatic rings. The van der Waals surface area contributed by atoms with Crippen LogP contribution < -0.4 is 5.32 Å². The van der Waals surface area contributed by atoms with E-state index in [4.69, 9.17) is 0 Å². The molecule has 22 heavy (non-hydrogen) atoms. The van der Waals surface area contributed by atoms with Crippen LogP contribution in [0.1, 0.15) is 19.3 Å². The van der Waals surface area contributed by atoms with Gasteiger partial charge in [0.15, 0.2) is 15.7 Å². The largest absolute Gasteiger partial charge is 0.368 e. The summed E-state index contributed by atoms with van der Waals surface area (Å²) >= 11 is 0. The Labute approximate surface area is 126 Å². The number of anilines is 1. The topological polar surface area (TPSA) is 120 Å². The van der Waals surface area contributed by atoms with Crippen molar-refractivity contribution in [2.24, 2.45) is 0 Å². The second kappa shape index (κ2) is 4.90. The molecular formula is C12H15N5O4S. The SMILES string of the molecule is CS(=O)(=O)C1(CNc2ccc3ncc([N+](=O)[O-])n3n2)CCC1. The van der Waals surface area contributed by atoms with Gasteiger partial charge >= 0.3 is 5.82 Å². The number of hydrogen-bond donors (Lipinski definition) is 1. The number of hydrogen-bond acceptors (Lipinski definition) is 7. The number of sulfone groups is 1. The van der Waals surface area contributed by atoms with Crippen LogP contribution in [-0.4, -0.2) is 45.5 Å². The molecule has 0 aromatic carbocycles. The lowest BCUT2D eigenvalue weighted by Gasteiger charge is -2.39. The van der Waals surface area contributed by atoms with Gasteiger partial charge in [0.25, 0.3) is 0 Å². The first-order valence-corrected chi connectivity index (χ1v) is 8.64. The van der Waals surface area contributed by atoms with Crippen LogP contribution >= 0.6 is 0 Å². The van der Waals surface area contributed by atoms with Crippen molar-refractivity contribution in [1.29, 1.82) is 0 Å². The van der Waals surface area contributed by atoms with Gasteiger partial charge in [-0.3, -0.25) is 0 Å². The zero-order valence-corrected chi connectivity index (χ0v) is 12.7. The van der Waals surface area contributed by atoms with Crippen LogP contribution in [0.5, 0.6) is 0 Å². The highest BCUT2D eigenvalue weighted by molar-refractivity contribution is 7.92. The molecule has 0 atom stereocenters. The molecule has 0 bridgehead atoms. The average molecular weight is 325 g/mol. The minimum absolute atomic E-state index is 0.236. The lowest BCUT2D eigenvalue weighted by molar-refractivity contribution is -0.391. The third kappa shape index (κ3) is 2.28. The van der Waals surface area contributed by atoms with E-state index >= 15 is 0 Å². The predicted octanol–water partition coefficient (Wildman–Crippen LogP) is 1.02. The standard InChI is InChI=1S/C12H15N5O4S/c1-22(20,21)12(5-2-6-12)8-14-9-3-4-10-13-7-11(17(18)19)16(10)15-9/h3-4,7H,2,5-6,8H2,1H3,(H,14,15). The summed E-state index contributed by atoms with van der Waals surface area (Å²) in [6.07, 6.45) is 4.49. The smallest absolute Gasteiger partial charge is 0.365 e. The van der Waals surface area contributed by atoms with Crippen molar-refractivity contribution in [3.63, 3.8) is 0 Å². The Morgan fingerprint density at radius 3 is 2.73 bits per heavy atom. The molecule has 0 spiro atoms. The predicted molar refractivity (Wildman–Crippen MR) is 79.6 cm³/mol. The van der Waals surface area contributed by atoms with Gasteiger partial charge in [0.2, 0.25) is 5.65 Å². The summed E-state index contributed by atoms with van der Waals surface area (Å²) in [5, 5.41) is 18.0. The molecule has 0 radical (unpaired) electrons. The summed E-state index contributed by atoms with van der Waals surface area (Å²) in [6.45, 7) is 0.243. The van der Waals surface area contributed by atoms with E-state index in [1.165, 1.54) is 6.26 Å². The molecule has 9 nitrogen and oxygen atoms in total. The van der Waals surface area contributed by atoms with Gasteiger partial charge in [0, 0.05) is 18.9 Å². The van der Waals surface area contributed by atoms with Crippen LogP contribution in [0.4, 0.5) is 11.6 Å². The molecule has 0 amide bonds. The summed E-state index contributed by atoms with van der Waals surface area (Å²) in [5.74, 6) is 0.142. The summed E-state index contributed by atoms with van der Waals surface area (Å²) in [7, 11) is -3.17. The van der Waals surface area contributed by atoms with Crippen molar-refractivity contribution in [3.8, 4) is 0 Å². The van der Waals surface area contributed by atoms with Crippen molar-refractivity contribution >= 4 is 27.1 Å². The second-order valence-corrected chi connectivity index (χ2v) is 7.93. The van der Waals surface area contributed by atoms with Gasteiger partial charge in [-0.1, -0.05) is 16.0 Å². The van der Waals surface area contributed by atoms with Crippen molar-refractivity contribution in [3.05, 3.63) is 28.4 Å². The second-order valence-electron chi connectivity index (χ2n) is 5.52. The first-order chi connectivity index (χ1) is 10.3. The Morgan fingerprint density at radius 2 is 2.18 bits per heavy atom. The zero-order chi connectivity index (χ0) is 16.0. The van der Waals surface area contributed by atoms with Crippen LogP contribution in [0.25, 0.3) is 5.65 Å². The van der Waals surface area contributed by atoms with Crippen molar-refractivity contribution < 1.29 is 13.3 Å². The van der Waals surface area contributed by atoms with E-state index in [9.17, 15) is 18.5 Å². The van der Waals surface area contributed by atoms with E-state index in [0.717, 1.165) is 17.1 Å². The van der Waals surface area contributed by atoms with Crippen LogP contribution in [-0.2, 0) is 9.84 Å². The monoisotopic (exact) mass is 325 g/mol. The number of nitrogens with one attached hydrogen (secondary N) is 1. The molecule has 0 saturated heterocycles. The van der Waals surface area contributed by atoms with Crippen molar-refractivity contribution in [2.75, 3.05) is 18.1 Å². The molecule has 1 fully saturated rings. The molecule has 0 aliphatic heterocycles. The summed E-state index contributed by atoms with van der Waals surface area (Å²) in [6, 6.07) is 3.22. The maximum absolute atomic E-state index is 11.9. The highest BCUT2D eigenvalue weighted by Gasteiger charge is 2.46. The number of fused-ring (bicyclic) bond motifs is 1. The summed E-state index contributed by atoms with van der Waals surface area (Å²) in [4.78, 5) is 14.2. The molecule has 1 aliphatic carbocycles. The third-order valence-electron chi connectivity index (χ3n) is 4.17. The number of nitrogens with zero attached hydrogens (tertiary/aromatic N) is 4. The Balaban J connectivity index is 1.85. The number of nitro groups is 1. The molecule has 0 unspecified atom stereocenters. The zero-order valence-electron chi connectivity index (χ0n) is 11.9. The van der Waals surface area contributed by atoms with Crippen molar-refractivity contribution in [2.45, 2.75) is 24.0 Å². The highest BCUT2D eigenvalue weighted by atomic mass is 32.2. The van der Waals surface area contributed by atoms with Gasteiger partial charge in [-0.2, -0.15) is 0 Å². The van der Waals surface area contributed by atoms with Crippen LogP contribution in [0.15, 0.2) is 18.3 Å². The summed E-state index contributed by atoms with van der Waals surface area (Å²) in [5.41, 5.74) is 0.360. The number of imidazole rings is 1. The van der Waals surface area contributed by atoms with Gasteiger partial charge in [0.1, 0.15) is 6.20 Å². The first-order valence-electron chi connectivity index (χ1n) is 6.75. The fourth-order valence-electron chi connectivity index (χ4n) is 2.58. The Bertz CT molecular complexity index is 840. The Morgan fingerprint density at radius 1 is 1.45 bits per heavy atom. The van der Waals surface area contributed by atoms with E-state index in [-0.39, 0.29) is 12.4 Å². The highest BCUT2D eigenvalue weighted by Crippen LogP contribution is 2.39. The Kier molecular flexibility index (Phi) is 3.28. The molecule has 3 rings (SSSR count). The minimum Gasteiger partial charge on any atom is -0.365 e. The minimum atomic E-state index is -3.17. The van der Waals surface area contributed by atoms with Gasteiger partial charge < -0.3 is 15.4 Å². The lowest BCUT2D eigenvalue weighted by atomic mass is 9.84. The van der Waals surface area contributed by atoms with Crippen LogP contribution in [0, 0.1) is 10.1 Å². The fraction of sp³-hybridized carbons (Fsp3) is 0.500. The van der Waals surface area contributed by atoms with Gasteiger partial charge in [-0.25, -0.2) is 13.4 Å². The Hall–Kier alpha value is -2.23. The van der Waals surface area contributed by atoms with Gasteiger partial charge in [-0.15, -0.1) is 0 Å². The molecule has 1 saturated carbocycles. The summed E-state index contributed by atoms with van der Waals surface area (Å²) < 4.78 is 24.2. The van der Waals surface area contributed by atoms with E-state index in [2.05, 4.69) is 15.4 Å². The molecule has 2 heterocycles. The molecule has 1 N–H and O–H groups in total. The molecule has 2 aromatic rings. The number of aromatic nitrogens is 3. The van der Waals surface area contributed by atoms with E-state index in [1.54, 1.807) is 12.1 Å². The average Bonchev–Trinajstić information content (AvgIpc) is 2.78. The van der Waals surface area contributed by atoms with Crippen LogP contribution in [0.2, 0.25) is 0 Å². The van der Waals surface area contributed by atoms with Gasteiger partial charge in [-0.05, 0) is 23.8 Å². The van der Waals surface area contributed by atoms with E-state index in [0.29, 0.717) is 24.3 Å². The van der Waals surface area contributed by atoms with Gasteiger partial charge in [0.05, 0.1) is 4.75 Å². The molecule has 118 valence electrons. The quantitative estimate of drug-likeness (QED) is 0.643. The lowest BCUT2D eigenvalue weighted by Crippen LogP contribution is -2.50. The molecule has 10 heteroatoms. The molecular weight excluding hydrogens is 310 g/mol. The maximum atomic E-state index is 11.9. The fourth-order valence-corrected chi connectivity index (χ4v) is 3.95. The first kappa shape index (κ1) is 14.7. The van der Waals surface area contributed by atoms with Crippen LogP contribution in [0.3, 0.4) is 0 Å². The third-order valence-corrected chi connectivity index (χ3v) is 6.30. The van der Waals surface area contributed by atoms with Crippen molar-refractivity contribution in [1.82, 2.24) is 14.6 Å². The van der Waals surface area contributed by atoms with E-state index in [1.807, 2.05) is 0 Å². The molecule has 2 aromatic heterocycles. The normalized spacial score (nSPS) is 17.1.